The van der Waals surface area contributed by atoms with E-state index >= 15 is 0 Å². The molecule has 218 valence electrons. The molecule has 2 aromatic heterocycles. The summed E-state index contributed by atoms with van der Waals surface area (Å²) in [5, 5.41) is 8.07. The maximum Gasteiger partial charge on any atom is 0.0710 e. The molecule has 0 N–H and O–H groups in total. The van der Waals surface area contributed by atoms with Gasteiger partial charge in [-0.15, -0.1) is 0 Å². The molecule has 0 amide bonds. The normalized spacial score (nSPS) is 18.0. The van der Waals surface area contributed by atoms with Gasteiger partial charge in [0.2, 0.25) is 0 Å². The zero-order valence-electron chi connectivity index (χ0n) is 25.6. The van der Waals surface area contributed by atoms with Crippen LogP contribution in [0.1, 0.15) is 0 Å². The van der Waals surface area contributed by atoms with Crippen LogP contribution in [0.15, 0.2) is 140 Å². The molecule has 0 spiro atoms. The number of para-hydroxylation sites is 2. The quantitative estimate of drug-likeness (QED) is 0.173. The Morgan fingerprint density at radius 2 is 1.11 bits per heavy atom. The van der Waals surface area contributed by atoms with Gasteiger partial charge in [-0.1, -0.05) is 72.8 Å². The van der Waals surface area contributed by atoms with E-state index < -0.39 is 30.5 Å². The van der Waals surface area contributed by atoms with E-state index in [0.29, 0.717) is 0 Å². The molecule has 4 heterocycles. The van der Waals surface area contributed by atoms with Gasteiger partial charge in [-0.25, -0.2) is 10.0 Å². The highest BCUT2D eigenvalue weighted by Gasteiger charge is 2.45. The molecule has 10 rings (SSSR count). The minimum absolute atomic E-state index is 0.842. The highest BCUT2D eigenvalue weighted by molar-refractivity contribution is 8.37. The van der Waals surface area contributed by atoms with Gasteiger partial charge >= 0.3 is 0 Å². The van der Waals surface area contributed by atoms with E-state index in [2.05, 4.69) is 154 Å². The van der Waals surface area contributed by atoms with Crippen LogP contribution in [0.2, 0.25) is 0 Å². The first-order valence-corrected chi connectivity index (χ1v) is 22.0. The maximum absolute atomic E-state index is 2.81. The second-order valence-electron chi connectivity index (χ2n) is 13.4. The van der Waals surface area contributed by atoms with Crippen LogP contribution in [0, 0.1) is 0 Å². The lowest BCUT2D eigenvalue weighted by Gasteiger charge is -2.47. The van der Waals surface area contributed by atoms with Crippen molar-refractivity contribution in [1.82, 2.24) is 7.94 Å². The molecule has 5 heteroatoms. The first-order valence-electron chi connectivity index (χ1n) is 15.1. The summed E-state index contributed by atoms with van der Waals surface area (Å²) in [7, 11) is -3.84. The van der Waals surface area contributed by atoms with Gasteiger partial charge < -0.3 is 0 Å². The number of nitrogens with zero attached hydrogens (tertiary/aromatic N) is 2. The van der Waals surface area contributed by atoms with Crippen molar-refractivity contribution in [2.24, 2.45) is 0 Å². The van der Waals surface area contributed by atoms with Crippen LogP contribution in [0.4, 0.5) is 0 Å². The second kappa shape index (κ2) is 8.08. The third kappa shape index (κ3) is 2.90. The third-order valence-electron chi connectivity index (χ3n) is 10.0. The Balaban J connectivity index is 1.54. The standard InChI is InChI=1S/C39H34N2S3/c1-42(2,3)26-11-10-12-27(23-26)44(28-19-22-35-36(24-28)43(35,4)5)40-33-15-8-6-13-29(33)31-20-17-25-18-21-32-30-14-7-9-16-34(30)41(44)39(32)37(25)38(31)40/h6-24H,1-5H3. The maximum atomic E-state index is 2.81. The lowest BCUT2D eigenvalue weighted by atomic mass is 10.0. The molecule has 2 nitrogen and oxygen atoms in total. The average molecular weight is 627 g/mol. The summed E-state index contributed by atoms with van der Waals surface area (Å²) >= 11 is 0. The summed E-state index contributed by atoms with van der Waals surface area (Å²) in [6.45, 7) is 0. The van der Waals surface area contributed by atoms with Crippen molar-refractivity contribution in [1.29, 1.82) is 0 Å². The Morgan fingerprint density at radius 1 is 0.523 bits per heavy atom. The van der Waals surface area contributed by atoms with Gasteiger partial charge in [0.1, 0.15) is 0 Å². The first-order chi connectivity index (χ1) is 21.2. The topological polar surface area (TPSA) is 9.86 Å². The molecule has 2 aliphatic heterocycles. The molecule has 6 aromatic carbocycles. The number of fused-ring (bicyclic) bond motifs is 7. The van der Waals surface area contributed by atoms with Crippen LogP contribution in [0.5, 0.6) is 0 Å². The monoisotopic (exact) mass is 626 g/mol. The summed E-state index contributed by atoms with van der Waals surface area (Å²) in [5.74, 6) is 0. The number of rotatable bonds is 3. The molecule has 0 fully saturated rings. The van der Waals surface area contributed by atoms with Gasteiger partial charge in [-0.2, -0.15) is 10.0 Å². The van der Waals surface area contributed by atoms with Crippen molar-refractivity contribution in [2.75, 3.05) is 31.3 Å². The number of benzene rings is 6. The van der Waals surface area contributed by atoms with Crippen molar-refractivity contribution < 1.29 is 0 Å². The molecular weight excluding hydrogens is 593 g/mol. The van der Waals surface area contributed by atoms with Gasteiger partial charge in [-0.3, -0.25) is 7.94 Å². The molecule has 0 bridgehead atoms. The second-order valence-corrected chi connectivity index (χ2v) is 23.9. The molecule has 44 heavy (non-hydrogen) atoms. The Labute approximate surface area is 262 Å². The number of hydrogen-bond acceptors (Lipinski definition) is 0. The fraction of sp³-hybridized carbons (Fsp3) is 0.128. The fourth-order valence-electron chi connectivity index (χ4n) is 7.85. The van der Waals surface area contributed by atoms with E-state index in [9.17, 15) is 0 Å². The highest BCUT2D eigenvalue weighted by atomic mass is 32.3. The molecule has 0 saturated carbocycles. The van der Waals surface area contributed by atoms with Crippen molar-refractivity contribution in [3.63, 3.8) is 0 Å². The minimum Gasteiger partial charge on any atom is -0.277 e. The lowest BCUT2D eigenvalue weighted by molar-refractivity contribution is 1.13. The molecule has 0 unspecified atom stereocenters. The zero-order chi connectivity index (χ0) is 29.7. The fourth-order valence-corrected chi connectivity index (χ4v) is 15.4. The molecule has 0 saturated heterocycles. The van der Waals surface area contributed by atoms with E-state index in [0.717, 1.165) is 0 Å². The SMILES string of the molecule is CS(C)(C)c1cccc(S2(c3ccc4c(c3)S4(C)C)n3c4ccccc4c4ccc5ccc6c7ccccc7n2c6c5c43)c1. The molecule has 8 aromatic rings. The van der Waals surface area contributed by atoms with Crippen LogP contribution >= 0.6 is 30.5 Å². The van der Waals surface area contributed by atoms with Gasteiger partial charge in [0.25, 0.3) is 0 Å². The Bertz CT molecular complexity index is 2460. The highest BCUT2D eigenvalue weighted by Crippen LogP contribution is 2.78. The molecule has 0 atom stereocenters. The summed E-state index contributed by atoms with van der Waals surface area (Å²) in [4.78, 5) is 7.41. The summed E-state index contributed by atoms with van der Waals surface area (Å²) in [5.41, 5.74) is 5.39. The molecule has 0 radical (unpaired) electrons. The summed E-state index contributed by atoms with van der Waals surface area (Å²) in [6, 6.07) is 44.9. The van der Waals surface area contributed by atoms with E-state index in [4.69, 9.17) is 0 Å². The van der Waals surface area contributed by atoms with Gasteiger partial charge in [0.05, 0.1) is 22.1 Å². The minimum atomic E-state index is -2.05. The predicted molar refractivity (Wildman–Crippen MR) is 197 cm³/mol. The summed E-state index contributed by atoms with van der Waals surface area (Å²) in [6.07, 6.45) is 12.2. The van der Waals surface area contributed by atoms with Gasteiger partial charge in [0.15, 0.2) is 0 Å². The third-order valence-corrected chi connectivity index (χ3v) is 18.0. The smallest absolute Gasteiger partial charge is 0.0710 e. The van der Waals surface area contributed by atoms with Gasteiger partial charge in [0, 0.05) is 46.5 Å². The zero-order valence-corrected chi connectivity index (χ0v) is 28.0. The number of aromatic nitrogens is 2. The first kappa shape index (κ1) is 25.5. The molecular formula is C39H34N2S3. The summed E-state index contributed by atoms with van der Waals surface area (Å²) < 4.78 is 5.62. The molecule has 0 aliphatic carbocycles. The lowest BCUT2D eigenvalue weighted by Crippen LogP contribution is -2.22. The Kier molecular flexibility index (Phi) is 4.69. The van der Waals surface area contributed by atoms with Crippen molar-refractivity contribution in [2.45, 2.75) is 24.5 Å². The van der Waals surface area contributed by atoms with Crippen molar-refractivity contribution >= 4 is 84.8 Å². The van der Waals surface area contributed by atoms with E-state index in [1.165, 1.54) is 69.1 Å². The average Bonchev–Trinajstić information content (AvgIpc) is 3.29. The Morgan fingerprint density at radius 3 is 1.70 bits per heavy atom. The predicted octanol–water partition coefficient (Wildman–Crippen LogP) is 11.4. The largest absolute Gasteiger partial charge is 0.277 e. The Hall–Kier alpha value is -3.77. The van der Waals surface area contributed by atoms with Gasteiger partial charge in [-0.05, 0) is 94.4 Å². The van der Waals surface area contributed by atoms with Crippen molar-refractivity contribution in [3.05, 3.63) is 115 Å². The van der Waals surface area contributed by atoms with E-state index in [-0.39, 0.29) is 0 Å². The van der Waals surface area contributed by atoms with Crippen LogP contribution in [-0.2, 0) is 0 Å². The van der Waals surface area contributed by atoms with Crippen molar-refractivity contribution in [3.8, 4) is 0 Å². The number of hydrogen-bond donors (Lipinski definition) is 0. The van der Waals surface area contributed by atoms with Crippen LogP contribution in [-0.4, -0.2) is 39.2 Å². The van der Waals surface area contributed by atoms with Crippen LogP contribution < -0.4 is 0 Å². The van der Waals surface area contributed by atoms with Crippen LogP contribution in [0.3, 0.4) is 0 Å². The van der Waals surface area contributed by atoms with Crippen LogP contribution in [0.25, 0.3) is 54.4 Å². The van der Waals surface area contributed by atoms with E-state index in [1.54, 1.807) is 9.79 Å². The molecule has 2 aliphatic rings. The van der Waals surface area contributed by atoms with E-state index in [1.807, 2.05) is 0 Å².